The number of aryl methyl sites for hydroxylation is 1. The van der Waals surface area contributed by atoms with Crippen LogP contribution in [0.4, 0.5) is 5.69 Å². The van der Waals surface area contributed by atoms with E-state index >= 15 is 0 Å². The van der Waals surface area contributed by atoms with Crippen LogP contribution in [0.5, 0.6) is 0 Å². The molecule has 1 saturated heterocycles. The fraction of sp³-hybridized carbons (Fsp3) is 0.462. The topological polar surface area (TPSA) is 36.3 Å². The Morgan fingerprint density at radius 2 is 2.19 bits per heavy atom. The lowest BCUT2D eigenvalue weighted by atomic mass is 10.1. The Morgan fingerprint density at radius 1 is 1.31 bits per heavy atom. The molecule has 0 unspecified atom stereocenters. The predicted molar refractivity (Wildman–Crippen MR) is 63.5 cm³/mol. The molecule has 3 heteroatoms. The minimum atomic E-state index is 0.749. The molecular formula is C13H16N2O. The molecule has 0 aliphatic carbocycles. The first-order valence-corrected chi connectivity index (χ1v) is 5.65. The summed E-state index contributed by atoms with van der Waals surface area (Å²) in [6.45, 7) is 5.47. The van der Waals surface area contributed by atoms with Gasteiger partial charge < -0.3 is 9.64 Å². The molecule has 0 N–H and O–H groups in total. The Hall–Kier alpha value is -1.53. The van der Waals surface area contributed by atoms with Crippen LogP contribution in [0.25, 0.3) is 0 Å². The summed E-state index contributed by atoms with van der Waals surface area (Å²) in [7, 11) is 0. The van der Waals surface area contributed by atoms with E-state index in [1.807, 2.05) is 12.1 Å². The molecule has 0 radical (unpaired) electrons. The van der Waals surface area contributed by atoms with Gasteiger partial charge in [-0.3, -0.25) is 0 Å². The van der Waals surface area contributed by atoms with Gasteiger partial charge in [-0.25, -0.2) is 0 Å². The van der Waals surface area contributed by atoms with Gasteiger partial charge in [-0.15, -0.1) is 0 Å². The SMILES string of the molecule is Cc1ccc(C#N)c(N2CCCOCC2)c1. The molecule has 1 aromatic carbocycles. The number of hydrogen-bond acceptors (Lipinski definition) is 3. The smallest absolute Gasteiger partial charge is 0.101 e. The number of ether oxygens (including phenoxy) is 1. The van der Waals surface area contributed by atoms with Crippen LogP contribution in [0.2, 0.25) is 0 Å². The van der Waals surface area contributed by atoms with Crippen molar-refractivity contribution in [2.75, 3.05) is 31.2 Å². The van der Waals surface area contributed by atoms with Crippen molar-refractivity contribution < 1.29 is 4.74 Å². The van der Waals surface area contributed by atoms with Crippen molar-refractivity contribution in [2.45, 2.75) is 13.3 Å². The standard InChI is InChI=1S/C13H16N2O/c1-11-3-4-12(10-14)13(9-11)15-5-2-7-16-8-6-15/h3-4,9H,2,5-8H2,1H3. The molecule has 0 atom stereocenters. The van der Waals surface area contributed by atoms with Crippen molar-refractivity contribution in [1.29, 1.82) is 5.26 Å². The maximum absolute atomic E-state index is 9.10. The van der Waals surface area contributed by atoms with E-state index in [0.29, 0.717) is 0 Å². The number of rotatable bonds is 1. The monoisotopic (exact) mass is 216 g/mol. The maximum atomic E-state index is 9.10. The van der Waals surface area contributed by atoms with Crippen molar-refractivity contribution in [1.82, 2.24) is 0 Å². The van der Waals surface area contributed by atoms with Crippen LogP contribution in [-0.2, 0) is 4.74 Å². The zero-order valence-corrected chi connectivity index (χ0v) is 9.57. The molecule has 0 aromatic heterocycles. The summed E-state index contributed by atoms with van der Waals surface area (Å²) < 4.78 is 5.43. The van der Waals surface area contributed by atoms with Crippen molar-refractivity contribution in [2.24, 2.45) is 0 Å². The van der Waals surface area contributed by atoms with Crippen LogP contribution in [0, 0.1) is 18.3 Å². The quantitative estimate of drug-likeness (QED) is 0.721. The van der Waals surface area contributed by atoms with E-state index in [1.54, 1.807) is 0 Å². The Labute approximate surface area is 96.2 Å². The van der Waals surface area contributed by atoms with E-state index in [9.17, 15) is 0 Å². The van der Waals surface area contributed by atoms with Crippen molar-refractivity contribution in [3.8, 4) is 6.07 Å². The zero-order valence-electron chi connectivity index (χ0n) is 9.57. The van der Waals surface area contributed by atoms with E-state index in [0.717, 1.165) is 44.0 Å². The van der Waals surface area contributed by atoms with Crippen molar-refractivity contribution >= 4 is 5.69 Å². The third-order valence-electron chi connectivity index (χ3n) is 2.84. The average Bonchev–Trinajstić information content (AvgIpc) is 2.57. The van der Waals surface area contributed by atoms with Crippen LogP contribution in [0.15, 0.2) is 18.2 Å². The first-order chi connectivity index (χ1) is 7.81. The second-order valence-corrected chi connectivity index (χ2v) is 4.09. The lowest BCUT2D eigenvalue weighted by Crippen LogP contribution is -2.26. The molecule has 3 nitrogen and oxygen atoms in total. The Morgan fingerprint density at radius 3 is 3.00 bits per heavy atom. The number of hydrogen-bond donors (Lipinski definition) is 0. The lowest BCUT2D eigenvalue weighted by Gasteiger charge is -2.23. The highest BCUT2D eigenvalue weighted by molar-refractivity contribution is 5.60. The molecular weight excluding hydrogens is 200 g/mol. The summed E-state index contributed by atoms with van der Waals surface area (Å²) in [4.78, 5) is 2.25. The molecule has 0 amide bonds. The molecule has 0 bridgehead atoms. The highest BCUT2D eigenvalue weighted by Crippen LogP contribution is 2.22. The number of anilines is 1. The Balaban J connectivity index is 2.30. The highest BCUT2D eigenvalue weighted by Gasteiger charge is 2.13. The van der Waals surface area contributed by atoms with Gasteiger partial charge in [-0.05, 0) is 31.0 Å². The minimum absolute atomic E-state index is 0.749. The molecule has 16 heavy (non-hydrogen) atoms. The Bertz CT molecular complexity index is 401. The second kappa shape index (κ2) is 5.00. The van der Waals surface area contributed by atoms with Crippen molar-refractivity contribution in [3.63, 3.8) is 0 Å². The molecule has 1 aliphatic rings. The van der Waals surface area contributed by atoms with Crippen LogP contribution in [0.3, 0.4) is 0 Å². The summed E-state index contributed by atoms with van der Waals surface area (Å²) in [5.74, 6) is 0. The Kier molecular flexibility index (Phi) is 3.43. The van der Waals surface area contributed by atoms with E-state index in [1.165, 1.54) is 5.56 Å². The summed E-state index contributed by atoms with van der Waals surface area (Å²) in [5, 5.41) is 9.10. The maximum Gasteiger partial charge on any atom is 0.101 e. The van der Waals surface area contributed by atoms with Crippen molar-refractivity contribution in [3.05, 3.63) is 29.3 Å². The van der Waals surface area contributed by atoms with Crippen LogP contribution in [-0.4, -0.2) is 26.3 Å². The first kappa shape index (κ1) is 11.0. The lowest BCUT2D eigenvalue weighted by molar-refractivity contribution is 0.152. The largest absolute Gasteiger partial charge is 0.380 e. The van der Waals surface area contributed by atoms with Gasteiger partial charge in [0.25, 0.3) is 0 Å². The minimum Gasteiger partial charge on any atom is -0.380 e. The van der Waals surface area contributed by atoms with E-state index in [2.05, 4.69) is 24.0 Å². The molecule has 0 saturated carbocycles. The summed E-state index contributed by atoms with van der Waals surface area (Å²) >= 11 is 0. The number of nitrogens with zero attached hydrogens (tertiary/aromatic N) is 2. The van der Waals surface area contributed by atoms with Gasteiger partial charge in [-0.2, -0.15) is 5.26 Å². The highest BCUT2D eigenvalue weighted by atomic mass is 16.5. The van der Waals surface area contributed by atoms with Crippen LogP contribution >= 0.6 is 0 Å². The van der Waals surface area contributed by atoms with E-state index < -0.39 is 0 Å². The van der Waals surface area contributed by atoms with Crippen LogP contribution < -0.4 is 4.90 Å². The third kappa shape index (κ3) is 2.34. The molecule has 1 aromatic rings. The van der Waals surface area contributed by atoms with Gasteiger partial charge in [0.2, 0.25) is 0 Å². The predicted octanol–water partition coefficient (Wildman–Crippen LogP) is 2.09. The van der Waals surface area contributed by atoms with Gasteiger partial charge in [0.05, 0.1) is 17.9 Å². The van der Waals surface area contributed by atoms with Gasteiger partial charge in [0.1, 0.15) is 6.07 Å². The normalized spacial score (nSPS) is 16.6. The van der Waals surface area contributed by atoms with Crippen LogP contribution in [0.1, 0.15) is 17.5 Å². The third-order valence-corrected chi connectivity index (χ3v) is 2.84. The second-order valence-electron chi connectivity index (χ2n) is 4.09. The molecule has 1 aliphatic heterocycles. The summed E-state index contributed by atoms with van der Waals surface area (Å²) in [5.41, 5.74) is 3.00. The van der Waals surface area contributed by atoms with Gasteiger partial charge in [0, 0.05) is 19.7 Å². The molecule has 84 valence electrons. The summed E-state index contributed by atoms with van der Waals surface area (Å²) in [6.07, 6.45) is 1.03. The number of nitriles is 1. The van der Waals surface area contributed by atoms with E-state index in [4.69, 9.17) is 10.00 Å². The molecule has 0 spiro atoms. The molecule has 1 heterocycles. The van der Waals surface area contributed by atoms with Gasteiger partial charge in [0.15, 0.2) is 0 Å². The fourth-order valence-electron chi connectivity index (χ4n) is 1.98. The van der Waals surface area contributed by atoms with Gasteiger partial charge >= 0.3 is 0 Å². The fourth-order valence-corrected chi connectivity index (χ4v) is 1.98. The summed E-state index contributed by atoms with van der Waals surface area (Å²) in [6, 6.07) is 8.23. The first-order valence-electron chi connectivity index (χ1n) is 5.65. The van der Waals surface area contributed by atoms with Gasteiger partial charge in [-0.1, -0.05) is 6.07 Å². The molecule has 1 fully saturated rings. The number of benzene rings is 1. The van der Waals surface area contributed by atoms with E-state index in [-0.39, 0.29) is 0 Å². The zero-order chi connectivity index (χ0) is 11.4. The average molecular weight is 216 g/mol. The molecule has 2 rings (SSSR count).